The van der Waals surface area contributed by atoms with Gasteiger partial charge >= 0.3 is 11.9 Å². The van der Waals surface area contributed by atoms with E-state index in [0.717, 1.165) is 19.3 Å². The molecular weight excluding hydrogens is 196 g/mol. The molecule has 0 amide bonds. The summed E-state index contributed by atoms with van der Waals surface area (Å²) in [6, 6.07) is 0. The van der Waals surface area contributed by atoms with Gasteiger partial charge in [-0.15, -0.1) is 0 Å². The molecule has 0 heterocycles. The smallest absolute Gasteiger partial charge is 0.307 e. The average molecular weight is 214 g/mol. The minimum atomic E-state index is -0.965. The molecule has 0 aromatic carbocycles. The van der Waals surface area contributed by atoms with Gasteiger partial charge in [0.1, 0.15) is 0 Å². The van der Waals surface area contributed by atoms with E-state index < -0.39 is 23.8 Å². The third-order valence-electron chi connectivity index (χ3n) is 3.60. The lowest BCUT2D eigenvalue weighted by Gasteiger charge is -2.36. The number of carbonyl (C=O) groups is 2. The molecule has 1 fully saturated rings. The van der Waals surface area contributed by atoms with Crippen LogP contribution in [0, 0.1) is 23.7 Å². The Morgan fingerprint density at radius 3 is 2.07 bits per heavy atom. The number of carboxylic acids is 2. The largest absolute Gasteiger partial charge is 0.481 e. The van der Waals surface area contributed by atoms with Crippen LogP contribution in [0.15, 0.2) is 0 Å². The first kappa shape index (κ1) is 12.0. The minimum absolute atomic E-state index is 0.0137. The van der Waals surface area contributed by atoms with E-state index in [1.165, 1.54) is 0 Å². The number of hydrogen-bond donors (Lipinski definition) is 2. The number of carboxylic acid groups (broad SMARTS) is 2. The van der Waals surface area contributed by atoms with Crippen LogP contribution in [0.1, 0.15) is 33.1 Å². The molecule has 0 radical (unpaired) electrons. The molecule has 86 valence electrons. The van der Waals surface area contributed by atoms with Crippen molar-refractivity contribution in [3.8, 4) is 0 Å². The zero-order valence-corrected chi connectivity index (χ0v) is 9.14. The average Bonchev–Trinajstić information content (AvgIpc) is 2.16. The third kappa shape index (κ3) is 2.30. The first-order valence-corrected chi connectivity index (χ1v) is 5.44. The van der Waals surface area contributed by atoms with Crippen molar-refractivity contribution in [2.24, 2.45) is 23.7 Å². The number of hydrogen-bond acceptors (Lipinski definition) is 2. The van der Waals surface area contributed by atoms with Gasteiger partial charge in [0, 0.05) is 0 Å². The Balaban J connectivity index is 2.95. The van der Waals surface area contributed by atoms with Gasteiger partial charge in [0.25, 0.3) is 0 Å². The van der Waals surface area contributed by atoms with Gasteiger partial charge < -0.3 is 10.2 Å². The van der Waals surface area contributed by atoms with Crippen LogP contribution < -0.4 is 0 Å². The summed E-state index contributed by atoms with van der Waals surface area (Å²) >= 11 is 0. The molecule has 0 aromatic heterocycles. The van der Waals surface area contributed by atoms with Crippen molar-refractivity contribution in [3.63, 3.8) is 0 Å². The quantitative estimate of drug-likeness (QED) is 0.751. The van der Waals surface area contributed by atoms with Crippen molar-refractivity contribution in [2.45, 2.75) is 33.1 Å². The van der Waals surface area contributed by atoms with Gasteiger partial charge in [-0.25, -0.2) is 0 Å². The molecule has 2 N–H and O–H groups in total. The first-order chi connectivity index (χ1) is 6.99. The molecule has 1 saturated carbocycles. The van der Waals surface area contributed by atoms with E-state index in [1.807, 2.05) is 13.8 Å². The first-order valence-electron chi connectivity index (χ1n) is 5.44. The molecule has 0 spiro atoms. The highest BCUT2D eigenvalue weighted by Crippen LogP contribution is 2.40. The van der Waals surface area contributed by atoms with Crippen molar-refractivity contribution in [1.82, 2.24) is 0 Å². The Hall–Kier alpha value is -1.06. The second kappa shape index (κ2) is 4.64. The molecule has 15 heavy (non-hydrogen) atoms. The van der Waals surface area contributed by atoms with Crippen LogP contribution in [0.3, 0.4) is 0 Å². The van der Waals surface area contributed by atoms with Gasteiger partial charge in [-0.3, -0.25) is 9.59 Å². The summed E-state index contributed by atoms with van der Waals surface area (Å²) < 4.78 is 0. The molecule has 1 rings (SSSR count). The summed E-state index contributed by atoms with van der Waals surface area (Å²) in [6.07, 6.45) is 2.39. The Labute approximate surface area is 89.3 Å². The van der Waals surface area contributed by atoms with Crippen LogP contribution in [0.5, 0.6) is 0 Å². The molecule has 0 bridgehead atoms. The van der Waals surface area contributed by atoms with E-state index >= 15 is 0 Å². The molecule has 4 unspecified atom stereocenters. The Morgan fingerprint density at radius 1 is 1.13 bits per heavy atom. The van der Waals surface area contributed by atoms with E-state index in [2.05, 4.69) is 0 Å². The van der Waals surface area contributed by atoms with Gasteiger partial charge in [-0.1, -0.05) is 20.3 Å². The van der Waals surface area contributed by atoms with Crippen molar-refractivity contribution in [3.05, 3.63) is 0 Å². The standard InChI is InChI=1S/C11H18O4/c1-3-7-5-4-6(2)8(10(12)13)9(7)11(14)15/h6-9H,3-5H2,1-2H3,(H,12,13)(H,14,15). The minimum Gasteiger partial charge on any atom is -0.481 e. The van der Waals surface area contributed by atoms with Crippen molar-refractivity contribution >= 4 is 11.9 Å². The molecule has 4 nitrogen and oxygen atoms in total. The van der Waals surface area contributed by atoms with Crippen LogP contribution in [-0.2, 0) is 9.59 Å². The fourth-order valence-corrected chi connectivity index (χ4v) is 2.69. The second-order valence-corrected chi connectivity index (χ2v) is 4.45. The normalized spacial score (nSPS) is 36.1. The molecule has 4 atom stereocenters. The topological polar surface area (TPSA) is 74.6 Å². The lowest BCUT2D eigenvalue weighted by Crippen LogP contribution is -2.42. The van der Waals surface area contributed by atoms with Crippen LogP contribution in [0.2, 0.25) is 0 Å². The van der Waals surface area contributed by atoms with Crippen LogP contribution >= 0.6 is 0 Å². The maximum atomic E-state index is 11.1. The monoisotopic (exact) mass is 214 g/mol. The van der Waals surface area contributed by atoms with Crippen LogP contribution in [0.4, 0.5) is 0 Å². The molecule has 0 saturated heterocycles. The van der Waals surface area contributed by atoms with E-state index in [9.17, 15) is 9.59 Å². The van der Waals surface area contributed by atoms with Gasteiger partial charge in [0.2, 0.25) is 0 Å². The second-order valence-electron chi connectivity index (χ2n) is 4.45. The highest BCUT2D eigenvalue weighted by atomic mass is 16.4. The number of aliphatic carboxylic acids is 2. The van der Waals surface area contributed by atoms with Crippen molar-refractivity contribution < 1.29 is 19.8 Å². The highest BCUT2D eigenvalue weighted by molar-refractivity contribution is 5.80. The fourth-order valence-electron chi connectivity index (χ4n) is 2.69. The van der Waals surface area contributed by atoms with Gasteiger partial charge in [-0.2, -0.15) is 0 Å². The van der Waals surface area contributed by atoms with Gasteiger partial charge in [0.05, 0.1) is 11.8 Å². The Kier molecular flexibility index (Phi) is 3.72. The lowest BCUT2D eigenvalue weighted by molar-refractivity contribution is -0.161. The predicted molar refractivity (Wildman–Crippen MR) is 54.4 cm³/mol. The highest BCUT2D eigenvalue weighted by Gasteiger charge is 2.44. The maximum absolute atomic E-state index is 11.1. The molecule has 0 aromatic rings. The molecular formula is C11H18O4. The zero-order chi connectivity index (χ0) is 11.6. The van der Waals surface area contributed by atoms with Gasteiger partial charge in [0.15, 0.2) is 0 Å². The van der Waals surface area contributed by atoms with Crippen LogP contribution in [0.25, 0.3) is 0 Å². The van der Waals surface area contributed by atoms with Crippen molar-refractivity contribution in [1.29, 1.82) is 0 Å². The molecule has 0 aliphatic heterocycles. The fraction of sp³-hybridized carbons (Fsp3) is 0.818. The van der Waals surface area contributed by atoms with E-state index in [4.69, 9.17) is 10.2 Å². The Morgan fingerprint density at radius 2 is 1.67 bits per heavy atom. The molecule has 1 aliphatic carbocycles. The summed E-state index contributed by atoms with van der Waals surface area (Å²) in [5.74, 6) is -3.38. The predicted octanol–water partition coefficient (Wildman–Crippen LogP) is 1.84. The summed E-state index contributed by atoms with van der Waals surface area (Å²) in [4.78, 5) is 22.2. The number of rotatable bonds is 3. The van der Waals surface area contributed by atoms with Gasteiger partial charge in [-0.05, 0) is 24.7 Å². The van der Waals surface area contributed by atoms with E-state index in [1.54, 1.807) is 0 Å². The van der Waals surface area contributed by atoms with E-state index in [-0.39, 0.29) is 11.8 Å². The third-order valence-corrected chi connectivity index (χ3v) is 3.60. The summed E-state index contributed by atoms with van der Waals surface area (Å²) in [6.45, 7) is 3.76. The zero-order valence-electron chi connectivity index (χ0n) is 9.14. The maximum Gasteiger partial charge on any atom is 0.307 e. The molecule has 1 aliphatic rings. The molecule has 4 heteroatoms. The summed E-state index contributed by atoms with van der Waals surface area (Å²) in [7, 11) is 0. The summed E-state index contributed by atoms with van der Waals surface area (Å²) in [5, 5.41) is 18.2. The van der Waals surface area contributed by atoms with Crippen molar-refractivity contribution in [2.75, 3.05) is 0 Å². The Bertz CT molecular complexity index is 261. The SMILES string of the molecule is CCC1CCC(C)C(C(=O)O)C1C(=O)O. The summed E-state index contributed by atoms with van der Waals surface area (Å²) in [5.41, 5.74) is 0. The lowest BCUT2D eigenvalue weighted by atomic mass is 9.66. The van der Waals surface area contributed by atoms with Crippen LogP contribution in [-0.4, -0.2) is 22.2 Å². The van der Waals surface area contributed by atoms with E-state index in [0.29, 0.717) is 0 Å².